The number of aliphatic hydroxyl groups is 1. The number of benzene rings is 2. The van der Waals surface area contributed by atoms with Crippen molar-refractivity contribution in [2.45, 2.75) is 30.6 Å². The number of ether oxygens (including phenoxy) is 2. The van der Waals surface area contributed by atoms with E-state index in [-0.39, 0.29) is 10.9 Å². The summed E-state index contributed by atoms with van der Waals surface area (Å²) in [6.45, 7) is 0. The number of fused-ring (bicyclic) bond motifs is 3. The quantitative estimate of drug-likeness (QED) is 0.786. The molecule has 0 radical (unpaired) electrons. The van der Waals surface area contributed by atoms with Crippen LogP contribution in [-0.4, -0.2) is 35.1 Å². The van der Waals surface area contributed by atoms with Crippen molar-refractivity contribution in [1.82, 2.24) is 0 Å². The fourth-order valence-electron chi connectivity index (χ4n) is 2.70. The van der Waals surface area contributed by atoms with Crippen molar-refractivity contribution in [3.63, 3.8) is 0 Å². The minimum Gasteiger partial charge on any atom is -0.454 e. The molecule has 0 saturated heterocycles. The van der Waals surface area contributed by atoms with Gasteiger partial charge in [-0.25, -0.2) is 4.74 Å². The molecule has 1 N–H and O–H groups in total. The first kappa shape index (κ1) is 19.4. The zero-order valence-corrected chi connectivity index (χ0v) is 13.0. The van der Waals surface area contributed by atoms with Crippen molar-refractivity contribution in [1.29, 1.82) is 0 Å². The summed E-state index contributed by atoms with van der Waals surface area (Å²) in [6, 6.07) is 8.35. The number of alkyl halides is 7. The molecule has 0 aromatic heterocycles. The van der Waals surface area contributed by atoms with Crippen LogP contribution in [0.25, 0.3) is 10.8 Å². The number of carbonyl (C=O) groups is 1. The second kappa shape index (κ2) is 5.80. The van der Waals surface area contributed by atoms with Crippen LogP contribution in [0, 0.1) is 0 Å². The van der Waals surface area contributed by atoms with Gasteiger partial charge in [0.1, 0.15) is 5.75 Å². The lowest BCUT2D eigenvalue weighted by Gasteiger charge is -2.41. The Hall–Kier alpha value is -2.40. The van der Waals surface area contributed by atoms with E-state index < -0.39 is 42.1 Å². The van der Waals surface area contributed by atoms with Crippen LogP contribution in [0.15, 0.2) is 36.4 Å². The van der Waals surface area contributed by atoms with Gasteiger partial charge in [-0.05, 0) is 11.5 Å². The van der Waals surface area contributed by atoms with Crippen molar-refractivity contribution >= 4 is 16.6 Å². The molecule has 0 amide bonds. The highest BCUT2D eigenvalue weighted by atomic mass is 19.4. The van der Waals surface area contributed by atoms with Crippen molar-refractivity contribution < 1.29 is 50.1 Å². The minimum atomic E-state index is -6.21. The van der Waals surface area contributed by atoms with Crippen LogP contribution >= 0.6 is 0 Å². The number of Topliss-reactive ketones (excluding diaryl/α,β-unsaturated/α-hetero) is 1. The standard InChI is InChI=1S/C16H9F7O4/c17-14(18,15(19,20)27-16(21,22)23)13(25)7-11(24)10-6-5-8-3-1-2-4-9(8)12(10)26-13/h1-6,25H,7H2. The molecule has 3 rings (SSSR count). The van der Waals surface area contributed by atoms with E-state index in [0.29, 0.717) is 5.39 Å². The number of hydrogen-bond acceptors (Lipinski definition) is 4. The van der Waals surface area contributed by atoms with Crippen LogP contribution in [0.4, 0.5) is 30.7 Å². The predicted molar refractivity (Wildman–Crippen MR) is 75.5 cm³/mol. The average Bonchev–Trinajstić information content (AvgIpc) is 2.52. The topological polar surface area (TPSA) is 55.8 Å². The first-order chi connectivity index (χ1) is 12.3. The molecule has 4 nitrogen and oxygen atoms in total. The van der Waals surface area contributed by atoms with Gasteiger partial charge >= 0.3 is 18.4 Å². The maximum atomic E-state index is 14.2. The van der Waals surface area contributed by atoms with Gasteiger partial charge in [0, 0.05) is 5.39 Å². The molecule has 11 heteroatoms. The normalized spacial score (nSPS) is 21.1. The summed E-state index contributed by atoms with van der Waals surface area (Å²) in [7, 11) is 0. The van der Waals surface area contributed by atoms with Crippen LogP contribution in [-0.2, 0) is 4.74 Å². The molecule has 2 aromatic carbocycles. The Morgan fingerprint density at radius 3 is 2.26 bits per heavy atom. The van der Waals surface area contributed by atoms with E-state index in [9.17, 15) is 40.6 Å². The Morgan fingerprint density at radius 2 is 1.63 bits per heavy atom. The summed E-state index contributed by atoms with van der Waals surface area (Å²) < 4.78 is 98.4. The van der Waals surface area contributed by atoms with Gasteiger partial charge in [0.25, 0.3) is 5.79 Å². The van der Waals surface area contributed by atoms with Crippen molar-refractivity contribution in [3.05, 3.63) is 42.0 Å². The first-order valence-electron chi connectivity index (χ1n) is 7.26. The molecule has 1 aliphatic heterocycles. The van der Waals surface area contributed by atoms with Crippen LogP contribution in [0.1, 0.15) is 16.8 Å². The van der Waals surface area contributed by atoms with Gasteiger partial charge in [0.05, 0.1) is 12.0 Å². The minimum absolute atomic E-state index is 0.0253. The lowest BCUT2D eigenvalue weighted by molar-refractivity contribution is -0.493. The Kier molecular flexibility index (Phi) is 4.16. The van der Waals surface area contributed by atoms with Gasteiger partial charge in [-0.1, -0.05) is 30.3 Å². The zero-order valence-electron chi connectivity index (χ0n) is 13.0. The molecule has 1 aliphatic rings. The van der Waals surface area contributed by atoms with Gasteiger partial charge in [-0.15, -0.1) is 13.2 Å². The second-order valence-electron chi connectivity index (χ2n) is 5.79. The van der Waals surface area contributed by atoms with E-state index in [1.54, 1.807) is 6.07 Å². The SMILES string of the molecule is O=C1CC(O)(C(F)(F)C(F)(F)OC(F)(F)F)Oc2c1ccc1ccccc21. The Balaban J connectivity index is 2.10. The number of carbonyl (C=O) groups excluding carboxylic acids is 1. The maximum absolute atomic E-state index is 14.2. The molecule has 1 atom stereocenters. The number of ketones is 1. The molecule has 1 heterocycles. The van der Waals surface area contributed by atoms with Crippen molar-refractivity contribution in [2.75, 3.05) is 0 Å². The number of halogens is 7. The van der Waals surface area contributed by atoms with Gasteiger partial charge in [-0.2, -0.15) is 17.6 Å². The van der Waals surface area contributed by atoms with E-state index >= 15 is 0 Å². The van der Waals surface area contributed by atoms with Crippen LogP contribution in [0.3, 0.4) is 0 Å². The van der Waals surface area contributed by atoms with E-state index in [4.69, 9.17) is 0 Å². The van der Waals surface area contributed by atoms with Gasteiger partial charge in [-0.3, -0.25) is 4.79 Å². The largest absolute Gasteiger partial charge is 0.527 e. The lowest BCUT2D eigenvalue weighted by atomic mass is 9.91. The predicted octanol–water partition coefficient (Wildman–Crippen LogP) is 4.26. The molecule has 0 spiro atoms. The third-order valence-corrected chi connectivity index (χ3v) is 3.95. The van der Waals surface area contributed by atoms with E-state index in [1.807, 2.05) is 0 Å². The summed E-state index contributed by atoms with van der Waals surface area (Å²) in [6.07, 6.45) is -14.0. The fourth-order valence-corrected chi connectivity index (χ4v) is 2.70. The number of rotatable bonds is 3. The highest BCUT2D eigenvalue weighted by Crippen LogP contribution is 2.51. The summed E-state index contributed by atoms with van der Waals surface area (Å²) >= 11 is 0. The molecular weight excluding hydrogens is 389 g/mol. The van der Waals surface area contributed by atoms with Crippen molar-refractivity contribution in [2.24, 2.45) is 0 Å². The molecule has 0 fully saturated rings. The maximum Gasteiger partial charge on any atom is 0.527 e. The summed E-state index contributed by atoms with van der Waals surface area (Å²) in [5, 5.41) is 10.4. The van der Waals surface area contributed by atoms with E-state index in [2.05, 4.69) is 9.47 Å². The highest BCUT2D eigenvalue weighted by Gasteiger charge is 2.75. The fraction of sp³-hybridized carbons (Fsp3) is 0.312. The molecule has 0 saturated carbocycles. The molecule has 0 bridgehead atoms. The molecule has 1 unspecified atom stereocenters. The lowest BCUT2D eigenvalue weighted by Crippen LogP contribution is -2.65. The molecular formula is C16H9F7O4. The van der Waals surface area contributed by atoms with Gasteiger partial charge in [0.2, 0.25) is 0 Å². The van der Waals surface area contributed by atoms with Crippen LogP contribution < -0.4 is 4.74 Å². The summed E-state index contributed by atoms with van der Waals surface area (Å²) in [4.78, 5) is 12.1. The molecule has 0 aliphatic carbocycles. The Morgan fingerprint density at radius 1 is 1.00 bits per heavy atom. The van der Waals surface area contributed by atoms with Crippen LogP contribution in [0.5, 0.6) is 5.75 Å². The van der Waals surface area contributed by atoms with Gasteiger partial charge < -0.3 is 9.84 Å². The van der Waals surface area contributed by atoms with Gasteiger partial charge in [0.15, 0.2) is 5.78 Å². The number of hydrogen-bond donors (Lipinski definition) is 1. The Labute approximate surface area is 146 Å². The molecule has 146 valence electrons. The van der Waals surface area contributed by atoms with Crippen LogP contribution in [0.2, 0.25) is 0 Å². The highest BCUT2D eigenvalue weighted by molar-refractivity contribution is 6.06. The van der Waals surface area contributed by atoms with E-state index in [0.717, 1.165) is 0 Å². The first-order valence-corrected chi connectivity index (χ1v) is 7.26. The van der Waals surface area contributed by atoms with Crippen molar-refractivity contribution in [3.8, 4) is 5.75 Å². The zero-order chi connectivity index (χ0) is 20.3. The smallest absolute Gasteiger partial charge is 0.454 e. The monoisotopic (exact) mass is 398 g/mol. The summed E-state index contributed by atoms with van der Waals surface area (Å²) in [5.41, 5.74) is -0.283. The Bertz CT molecular complexity index is 909. The third-order valence-electron chi connectivity index (χ3n) is 3.95. The average molecular weight is 398 g/mol. The molecule has 2 aromatic rings. The van der Waals surface area contributed by atoms with E-state index in [1.165, 1.54) is 30.3 Å². The molecule has 27 heavy (non-hydrogen) atoms. The second-order valence-corrected chi connectivity index (χ2v) is 5.79. The third kappa shape index (κ3) is 3.10. The summed E-state index contributed by atoms with van der Waals surface area (Å²) in [5.74, 6) is -12.0.